The number of rotatable bonds is 5. The zero-order valence-corrected chi connectivity index (χ0v) is 16.3. The van der Waals surface area contributed by atoms with Crippen LogP contribution in [0.15, 0.2) is 30.3 Å². The Kier molecular flexibility index (Phi) is 9.91. The molecule has 0 aliphatic heterocycles. The molecule has 1 saturated carbocycles. The predicted molar refractivity (Wildman–Crippen MR) is 107 cm³/mol. The third kappa shape index (κ3) is 8.12. The van der Waals surface area contributed by atoms with Crippen molar-refractivity contribution in [2.75, 3.05) is 6.61 Å². The molecule has 3 N–H and O–H groups in total. The van der Waals surface area contributed by atoms with Gasteiger partial charge in [-0.15, -0.1) is 0 Å². The maximum atomic E-state index is 12.6. The zero-order valence-electron chi connectivity index (χ0n) is 16.3. The molecule has 0 heterocycles. The topological polar surface area (TPSA) is 78.4 Å². The predicted octanol–water partition coefficient (Wildman–Crippen LogP) is 3.57. The van der Waals surface area contributed by atoms with Gasteiger partial charge in [-0.3, -0.25) is 9.59 Å². The molecular weight excluding hydrogens is 340 g/mol. The van der Waals surface area contributed by atoms with Crippen LogP contribution in [0.25, 0.3) is 0 Å². The lowest BCUT2D eigenvalue weighted by Crippen LogP contribution is -2.51. The fourth-order valence-corrected chi connectivity index (χ4v) is 3.63. The molecule has 0 aromatic heterocycles. The Balaban J connectivity index is 1.87. The molecule has 5 nitrogen and oxygen atoms in total. The van der Waals surface area contributed by atoms with E-state index in [4.69, 9.17) is 0 Å². The summed E-state index contributed by atoms with van der Waals surface area (Å²) in [5.41, 5.74) is 0.481. The van der Waals surface area contributed by atoms with Crippen molar-refractivity contribution in [2.24, 2.45) is 0 Å². The van der Waals surface area contributed by atoms with Crippen molar-refractivity contribution in [3.8, 4) is 0 Å². The first-order valence-electron chi connectivity index (χ1n) is 10.5. The third-order valence-corrected chi connectivity index (χ3v) is 5.29. The van der Waals surface area contributed by atoms with E-state index in [1.54, 1.807) is 24.3 Å². The number of aliphatic hydroxyl groups excluding tert-OH is 1. The first-order valence-corrected chi connectivity index (χ1v) is 10.5. The molecule has 1 aliphatic rings. The molecule has 0 radical (unpaired) electrons. The Bertz CT molecular complexity index is 550. The largest absolute Gasteiger partial charge is 0.394 e. The second-order valence-corrected chi connectivity index (χ2v) is 7.54. The summed E-state index contributed by atoms with van der Waals surface area (Å²) in [6.45, 7) is -0.406. The number of benzene rings is 1. The Morgan fingerprint density at radius 1 is 0.889 bits per heavy atom. The standard InChI is InChI=1S/C22H34N2O3/c25-17-20(24-21(26)18-13-9-8-10-14-18)22(27)23-19-15-11-6-4-2-1-3-5-7-12-16-19/h8-10,13-14,19-20,25H,1-7,11-12,15-17H2,(H,23,27)(H,24,26)/t20-/m0/s1. The van der Waals surface area contributed by atoms with Crippen molar-refractivity contribution in [3.63, 3.8) is 0 Å². The van der Waals surface area contributed by atoms with Gasteiger partial charge in [0.15, 0.2) is 0 Å². The van der Waals surface area contributed by atoms with E-state index in [2.05, 4.69) is 10.6 Å². The van der Waals surface area contributed by atoms with Gasteiger partial charge in [-0.05, 0) is 25.0 Å². The molecule has 1 aromatic rings. The minimum absolute atomic E-state index is 0.125. The number of hydrogen-bond acceptors (Lipinski definition) is 3. The van der Waals surface area contributed by atoms with Gasteiger partial charge in [-0.1, -0.05) is 76.0 Å². The lowest BCUT2D eigenvalue weighted by atomic mass is 9.97. The summed E-state index contributed by atoms with van der Waals surface area (Å²) in [6, 6.07) is 7.96. The molecular formula is C22H34N2O3. The van der Waals surface area contributed by atoms with Crippen LogP contribution < -0.4 is 10.6 Å². The van der Waals surface area contributed by atoms with Gasteiger partial charge in [-0.2, -0.15) is 0 Å². The van der Waals surface area contributed by atoms with Gasteiger partial charge in [-0.25, -0.2) is 0 Å². The molecule has 150 valence electrons. The summed E-state index contributed by atoms with van der Waals surface area (Å²) in [5, 5.41) is 15.3. The van der Waals surface area contributed by atoms with Gasteiger partial charge in [0.2, 0.25) is 5.91 Å². The molecule has 2 rings (SSSR count). The highest BCUT2D eigenvalue weighted by molar-refractivity contribution is 5.97. The van der Waals surface area contributed by atoms with Crippen LogP contribution in [0.1, 0.15) is 81.0 Å². The van der Waals surface area contributed by atoms with Crippen molar-refractivity contribution in [1.82, 2.24) is 10.6 Å². The Labute approximate surface area is 162 Å². The first kappa shape index (κ1) is 21.4. The average molecular weight is 375 g/mol. The zero-order chi connectivity index (χ0) is 19.3. The summed E-state index contributed by atoms with van der Waals surface area (Å²) in [6.07, 6.45) is 13.1. The van der Waals surface area contributed by atoms with Gasteiger partial charge in [0.25, 0.3) is 5.91 Å². The normalized spacial score (nSPS) is 18.6. The SMILES string of the molecule is O=C(N[C@@H](CO)C(=O)NC1CCCCCCCCCCC1)c1ccccc1. The Morgan fingerprint density at radius 2 is 1.41 bits per heavy atom. The van der Waals surface area contributed by atoms with Crippen molar-refractivity contribution in [1.29, 1.82) is 0 Å². The van der Waals surface area contributed by atoms with Crippen LogP contribution in [-0.2, 0) is 4.79 Å². The van der Waals surface area contributed by atoms with Gasteiger partial charge in [0.05, 0.1) is 6.61 Å². The smallest absolute Gasteiger partial charge is 0.251 e. The quantitative estimate of drug-likeness (QED) is 0.737. The van der Waals surface area contributed by atoms with Crippen LogP contribution in [0.2, 0.25) is 0 Å². The number of aliphatic hydroxyl groups is 1. The van der Waals surface area contributed by atoms with Gasteiger partial charge < -0.3 is 15.7 Å². The van der Waals surface area contributed by atoms with Crippen molar-refractivity contribution in [2.45, 2.75) is 82.7 Å². The fraction of sp³-hybridized carbons (Fsp3) is 0.636. The Hall–Kier alpha value is -1.88. The summed E-state index contributed by atoms with van der Waals surface area (Å²) >= 11 is 0. The van der Waals surface area contributed by atoms with Crippen LogP contribution in [0.5, 0.6) is 0 Å². The summed E-state index contributed by atoms with van der Waals surface area (Å²) in [5.74, 6) is -0.637. The Morgan fingerprint density at radius 3 is 1.93 bits per heavy atom. The molecule has 5 heteroatoms. The minimum Gasteiger partial charge on any atom is -0.394 e. The molecule has 0 bridgehead atoms. The van der Waals surface area contributed by atoms with Gasteiger partial charge in [0, 0.05) is 11.6 Å². The van der Waals surface area contributed by atoms with E-state index < -0.39 is 12.6 Å². The van der Waals surface area contributed by atoms with Gasteiger partial charge >= 0.3 is 0 Å². The molecule has 0 saturated heterocycles. The van der Waals surface area contributed by atoms with Crippen molar-refractivity contribution < 1.29 is 14.7 Å². The summed E-state index contributed by atoms with van der Waals surface area (Å²) in [7, 11) is 0. The summed E-state index contributed by atoms with van der Waals surface area (Å²) < 4.78 is 0. The second kappa shape index (κ2) is 12.5. The van der Waals surface area contributed by atoms with E-state index in [0.717, 1.165) is 25.7 Å². The number of amides is 2. The third-order valence-electron chi connectivity index (χ3n) is 5.29. The van der Waals surface area contributed by atoms with E-state index in [9.17, 15) is 14.7 Å². The lowest BCUT2D eigenvalue weighted by molar-refractivity contribution is -0.124. The van der Waals surface area contributed by atoms with E-state index in [0.29, 0.717) is 5.56 Å². The number of carbonyl (C=O) groups excluding carboxylic acids is 2. The second-order valence-electron chi connectivity index (χ2n) is 7.54. The molecule has 0 unspecified atom stereocenters. The monoisotopic (exact) mass is 374 g/mol. The fourth-order valence-electron chi connectivity index (χ4n) is 3.63. The van der Waals surface area contributed by atoms with Crippen LogP contribution in [0.4, 0.5) is 0 Å². The molecule has 0 spiro atoms. The maximum Gasteiger partial charge on any atom is 0.251 e. The molecule has 27 heavy (non-hydrogen) atoms. The molecule has 1 atom stereocenters. The number of hydrogen-bond donors (Lipinski definition) is 3. The molecule has 1 fully saturated rings. The number of nitrogens with one attached hydrogen (secondary N) is 2. The molecule has 1 aromatic carbocycles. The van der Waals surface area contributed by atoms with Crippen LogP contribution in [0, 0.1) is 0 Å². The summed E-state index contributed by atoms with van der Waals surface area (Å²) in [4.78, 5) is 24.9. The van der Waals surface area contributed by atoms with E-state index in [1.807, 2.05) is 6.07 Å². The minimum atomic E-state index is -0.918. The maximum absolute atomic E-state index is 12.6. The number of carbonyl (C=O) groups is 2. The van der Waals surface area contributed by atoms with Crippen LogP contribution >= 0.6 is 0 Å². The van der Waals surface area contributed by atoms with Gasteiger partial charge in [0.1, 0.15) is 6.04 Å². The first-order chi connectivity index (χ1) is 13.2. The van der Waals surface area contributed by atoms with Crippen LogP contribution in [-0.4, -0.2) is 35.6 Å². The lowest BCUT2D eigenvalue weighted by Gasteiger charge is -2.23. The highest BCUT2D eigenvalue weighted by atomic mass is 16.3. The highest BCUT2D eigenvalue weighted by Gasteiger charge is 2.23. The van der Waals surface area contributed by atoms with Crippen LogP contribution in [0.3, 0.4) is 0 Å². The average Bonchev–Trinajstić information content (AvgIpc) is 2.68. The van der Waals surface area contributed by atoms with E-state index in [-0.39, 0.29) is 17.9 Å². The van der Waals surface area contributed by atoms with E-state index in [1.165, 1.54) is 44.9 Å². The van der Waals surface area contributed by atoms with E-state index >= 15 is 0 Å². The molecule has 1 aliphatic carbocycles. The highest BCUT2D eigenvalue weighted by Crippen LogP contribution is 2.17. The van der Waals surface area contributed by atoms with Crippen molar-refractivity contribution >= 4 is 11.8 Å². The van der Waals surface area contributed by atoms with Crippen molar-refractivity contribution in [3.05, 3.63) is 35.9 Å². The molecule has 2 amide bonds.